The van der Waals surface area contributed by atoms with E-state index in [1.165, 1.54) is 16.0 Å². The third kappa shape index (κ3) is 3.15. The van der Waals surface area contributed by atoms with Crippen LogP contribution in [0.25, 0.3) is 0 Å². The molecule has 0 atom stereocenters. The molecule has 2 aromatic rings. The zero-order valence-electron chi connectivity index (χ0n) is 11.3. The fourth-order valence-corrected chi connectivity index (χ4v) is 2.64. The van der Waals surface area contributed by atoms with E-state index in [4.69, 9.17) is 4.74 Å². The number of hydrogen-bond acceptors (Lipinski definition) is 3. The second-order valence-electron chi connectivity index (χ2n) is 4.35. The van der Waals surface area contributed by atoms with Gasteiger partial charge in [-0.1, -0.05) is 0 Å². The molecule has 0 saturated carbocycles. The summed E-state index contributed by atoms with van der Waals surface area (Å²) in [5.41, 5.74) is 3.09. The summed E-state index contributed by atoms with van der Waals surface area (Å²) in [5, 5.41) is 5.03. The highest BCUT2D eigenvalue weighted by Gasteiger charge is 2.08. The predicted octanol–water partition coefficient (Wildman–Crippen LogP) is 3.30. The van der Waals surface area contributed by atoms with Crippen LogP contribution in [0.15, 0.2) is 29.6 Å². The highest BCUT2D eigenvalue weighted by Crippen LogP contribution is 2.20. The van der Waals surface area contributed by atoms with Crippen molar-refractivity contribution >= 4 is 17.2 Å². The van der Waals surface area contributed by atoms with Crippen LogP contribution in [0.1, 0.15) is 26.4 Å². The van der Waals surface area contributed by atoms with Crippen molar-refractivity contribution < 1.29 is 9.53 Å². The van der Waals surface area contributed by atoms with Gasteiger partial charge in [-0.05, 0) is 54.6 Å². The number of carbonyl (C=O) groups is 1. The number of hydrogen-bond donors (Lipinski definition) is 1. The Morgan fingerprint density at radius 1 is 1.26 bits per heavy atom. The Labute approximate surface area is 117 Å². The Morgan fingerprint density at radius 2 is 1.95 bits per heavy atom. The Balaban J connectivity index is 1.99. The lowest BCUT2D eigenvalue weighted by Crippen LogP contribution is -2.22. The molecule has 0 aliphatic rings. The van der Waals surface area contributed by atoms with Crippen molar-refractivity contribution in [2.75, 3.05) is 7.11 Å². The molecule has 0 saturated heterocycles. The van der Waals surface area contributed by atoms with Crippen molar-refractivity contribution in [1.29, 1.82) is 0 Å². The summed E-state index contributed by atoms with van der Waals surface area (Å²) in [7, 11) is 1.61. The normalized spacial score (nSPS) is 10.3. The van der Waals surface area contributed by atoms with E-state index < -0.39 is 0 Å². The molecule has 100 valence electrons. The van der Waals surface area contributed by atoms with Crippen LogP contribution in [0.3, 0.4) is 0 Å². The van der Waals surface area contributed by atoms with Gasteiger partial charge in [0.2, 0.25) is 0 Å². The number of rotatable bonds is 4. The molecule has 1 aromatic carbocycles. The standard InChI is InChI=1S/C15H17NO2S/c1-10-11(2)19-9-13(10)8-16-15(17)12-4-6-14(18-3)7-5-12/h4-7,9H,8H2,1-3H3,(H,16,17). The highest BCUT2D eigenvalue weighted by molar-refractivity contribution is 7.10. The summed E-state index contributed by atoms with van der Waals surface area (Å²) in [4.78, 5) is 13.3. The smallest absolute Gasteiger partial charge is 0.251 e. The molecule has 1 aromatic heterocycles. The second kappa shape index (κ2) is 5.89. The minimum absolute atomic E-state index is 0.0640. The van der Waals surface area contributed by atoms with Gasteiger partial charge in [0.15, 0.2) is 0 Å². The number of methoxy groups -OCH3 is 1. The van der Waals surface area contributed by atoms with Crippen LogP contribution in [0.4, 0.5) is 0 Å². The average Bonchev–Trinajstić information content (AvgIpc) is 2.76. The summed E-state index contributed by atoms with van der Waals surface area (Å²) < 4.78 is 5.07. The van der Waals surface area contributed by atoms with E-state index in [2.05, 4.69) is 24.5 Å². The summed E-state index contributed by atoms with van der Waals surface area (Å²) in [6, 6.07) is 7.10. The van der Waals surface area contributed by atoms with E-state index in [1.54, 1.807) is 42.7 Å². The topological polar surface area (TPSA) is 38.3 Å². The Morgan fingerprint density at radius 3 is 2.47 bits per heavy atom. The Hall–Kier alpha value is -1.81. The molecule has 1 heterocycles. The van der Waals surface area contributed by atoms with Crippen molar-refractivity contribution in [1.82, 2.24) is 5.32 Å². The fourth-order valence-electron chi connectivity index (χ4n) is 1.76. The Bertz CT molecular complexity index is 572. The number of aryl methyl sites for hydroxylation is 1. The average molecular weight is 275 g/mol. The SMILES string of the molecule is COc1ccc(C(=O)NCc2csc(C)c2C)cc1. The first kappa shape index (κ1) is 13.6. The molecule has 1 N–H and O–H groups in total. The molecule has 0 aliphatic heterocycles. The van der Waals surface area contributed by atoms with Gasteiger partial charge in [-0.2, -0.15) is 0 Å². The van der Waals surface area contributed by atoms with Crippen LogP contribution in [0.5, 0.6) is 5.75 Å². The van der Waals surface area contributed by atoms with Crippen molar-refractivity contribution in [2.45, 2.75) is 20.4 Å². The lowest BCUT2D eigenvalue weighted by molar-refractivity contribution is 0.0951. The third-order valence-corrected chi connectivity index (χ3v) is 4.24. The van der Waals surface area contributed by atoms with Crippen molar-refractivity contribution in [3.63, 3.8) is 0 Å². The molecule has 0 aliphatic carbocycles. The van der Waals surface area contributed by atoms with E-state index in [1.807, 2.05) is 0 Å². The van der Waals surface area contributed by atoms with E-state index in [-0.39, 0.29) is 5.91 Å². The number of ether oxygens (including phenoxy) is 1. The quantitative estimate of drug-likeness (QED) is 0.929. The molecular formula is C15H17NO2S. The van der Waals surface area contributed by atoms with Crippen LogP contribution in [0, 0.1) is 13.8 Å². The maximum atomic E-state index is 12.0. The van der Waals surface area contributed by atoms with E-state index in [9.17, 15) is 4.79 Å². The van der Waals surface area contributed by atoms with Gasteiger partial charge >= 0.3 is 0 Å². The first-order valence-electron chi connectivity index (χ1n) is 6.07. The maximum Gasteiger partial charge on any atom is 0.251 e. The molecule has 0 radical (unpaired) electrons. The van der Waals surface area contributed by atoms with Gasteiger partial charge < -0.3 is 10.1 Å². The van der Waals surface area contributed by atoms with E-state index >= 15 is 0 Å². The molecule has 0 bridgehead atoms. The molecule has 1 amide bonds. The number of thiophene rings is 1. The number of nitrogens with one attached hydrogen (secondary N) is 1. The van der Waals surface area contributed by atoms with Gasteiger partial charge in [0.05, 0.1) is 7.11 Å². The van der Waals surface area contributed by atoms with E-state index in [0.29, 0.717) is 12.1 Å². The van der Waals surface area contributed by atoms with Gasteiger partial charge in [0.1, 0.15) is 5.75 Å². The number of benzene rings is 1. The van der Waals surface area contributed by atoms with Gasteiger partial charge in [0.25, 0.3) is 5.91 Å². The van der Waals surface area contributed by atoms with Crippen LogP contribution in [-0.2, 0) is 6.54 Å². The molecule has 0 unspecified atom stereocenters. The van der Waals surface area contributed by atoms with Crippen molar-refractivity contribution in [2.24, 2.45) is 0 Å². The van der Waals surface area contributed by atoms with Crippen LogP contribution in [-0.4, -0.2) is 13.0 Å². The van der Waals surface area contributed by atoms with Crippen LogP contribution >= 0.6 is 11.3 Å². The molecule has 2 rings (SSSR count). The minimum Gasteiger partial charge on any atom is -0.497 e. The largest absolute Gasteiger partial charge is 0.497 e. The van der Waals surface area contributed by atoms with Gasteiger partial charge in [0, 0.05) is 17.0 Å². The predicted molar refractivity (Wildman–Crippen MR) is 78.0 cm³/mol. The first-order valence-corrected chi connectivity index (χ1v) is 6.95. The third-order valence-electron chi connectivity index (χ3n) is 3.18. The fraction of sp³-hybridized carbons (Fsp3) is 0.267. The summed E-state index contributed by atoms with van der Waals surface area (Å²) in [5.74, 6) is 0.687. The maximum absolute atomic E-state index is 12.0. The minimum atomic E-state index is -0.0640. The lowest BCUT2D eigenvalue weighted by atomic mass is 10.1. The lowest BCUT2D eigenvalue weighted by Gasteiger charge is -2.06. The molecule has 0 fully saturated rings. The summed E-state index contributed by atoms with van der Waals surface area (Å²) >= 11 is 1.72. The number of carbonyl (C=O) groups excluding carboxylic acids is 1. The summed E-state index contributed by atoms with van der Waals surface area (Å²) in [6.45, 7) is 4.75. The molecule has 4 heteroatoms. The highest BCUT2D eigenvalue weighted by atomic mass is 32.1. The van der Waals surface area contributed by atoms with Crippen LogP contribution in [0.2, 0.25) is 0 Å². The van der Waals surface area contributed by atoms with Gasteiger partial charge in [-0.15, -0.1) is 11.3 Å². The summed E-state index contributed by atoms with van der Waals surface area (Å²) in [6.07, 6.45) is 0. The first-order chi connectivity index (χ1) is 9.11. The van der Waals surface area contributed by atoms with E-state index in [0.717, 1.165) is 5.75 Å². The Kier molecular flexibility index (Phi) is 4.22. The van der Waals surface area contributed by atoms with Gasteiger partial charge in [-0.25, -0.2) is 0 Å². The van der Waals surface area contributed by atoms with Crippen LogP contribution < -0.4 is 10.1 Å². The van der Waals surface area contributed by atoms with Gasteiger partial charge in [-0.3, -0.25) is 4.79 Å². The zero-order chi connectivity index (χ0) is 13.8. The van der Waals surface area contributed by atoms with Crippen molar-refractivity contribution in [3.8, 4) is 5.75 Å². The monoisotopic (exact) mass is 275 g/mol. The zero-order valence-corrected chi connectivity index (χ0v) is 12.1. The number of amides is 1. The molecule has 19 heavy (non-hydrogen) atoms. The second-order valence-corrected chi connectivity index (χ2v) is 5.44. The molecular weight excluding hydrogens is 258 g/mol. The molecule has 3 nitrogen and oxygen atoms in total. The van der Waals surface area contributed by atoms with Crippen molar-refractivity contribution in [3.05, 3.63) is 51.2 Å². The molecule has 0 spiro atoms.